The van der Waals surface area contributed by atoms with Gasteiger partial charge in [-0.2, -0.15) is 0 Å². The van der Waals surface area contributed by atoms with E-state index in [-0.39, 0.29) is 5.82 Å². The third kappa shape index (κ3) is 1.53. The van der Waals surface area contributed by atoms with Gasteiger partial charge in [0.05, 0.1) is 0 Å². The van der Waals surface area contributed by atoms with Gasteiger partial charge >= 0.3 is 0 Å². The summed E-state index contributed by atoms with van der Waals surface area (Å²) in [5, 5.41) is 0. The highest BCUT2D eigenvalue weighted by Crippen LogP contribution is 2.08. The first-order chi connectivity index (χ1) is 5.15. The summed E-state index contributed by atoms with van der Waals surface area (Å²) < 4.78 is 12.1. The average Bonchev–Trinajstić information content (AvgIpc) is 1.99. The molecule has 0 saturated heterocycles. The molecule has 0 amide bonds. The van der Waals surface area contributed by atoms with Crippen LogP contribution in [-0.2, 0) is 6.67 Å². The van der Waals surface area contributed by atoms with Crippen molar-refractivity contribution in [2.24, 2.45) is 0 Å². The summed E-state index contributed by atoms with van der Waals surface area (Å²) in [6.07, 6.45) is 0. The van der Waals surface area contributed by atoms with Gasteiger partial charge in [-0.3, -0.25) is 0 Å². The molecule has 0 N–H and O–H groups in total. The SMILES string of the molecule is Cc1nc(CF)nc(C)c1C. The van der Waals surface area contributed by atoms with E-state index in [0.717, 1.165) is 17.0 Å². The molecule has 0 aliphatic rings. The lowest BCUT2D eigenvalue weighted by Crippen LogP contribution is -2.00. The van der Waals surface area contributed by atoms with Crippen molar-refractivity contribution in [1.82, 2.24) is 9.97 Å². The summed E-state index contributed by atoms with van der Waals surface area (Å²) in [4.78, 5) is 7.93. The minimum absolute atomic E-state index is 0.283. The normalized spacial score (nSPS) is 10.2. The van der Waals surface area contributed by atoms with E-state index in [0.29, 0.717) is 0 Å². The quantitative estimate of drug-likeness (QED) is 0.617. The Bertz CT molecular complexity index is 248. The zero-order valence-corrected chi connectivity index (χ0v) is 6.98. The van der Waals surface area contributed by atoms with Crippen LogP contribution in [0.15, 0.2) is 0 Å². The van der Waals surface area contributed by atoms with Crippen LogP contribution in [0.4, 0.5) is 4.39 Å². The fraction of sp³-hybridized carbons (Fsp3) is 0.500. The van der Waals surface area contributed by atoms with Crippen molar-refractivity contribution in [3.8, 4) is 0 Å². The number of aromatic nitrogens is 2. The van der Waals surface area contributed by atoms with Gasteiger partial charge in [-0.05, 0) is 26.3 Å². The summed E-state index contributed by atoms with van der Waals surface area (Å²) in [6.45, 7) is 5.08. The second-order valence-electron chi connectivity index (χ2n) is 2.57. The van der Waals surface area contributed by atoms with E-state index in [1.807, 2.05) is 20.8 Å². The number of nitrogens with zero attached hydrogens (tertiary/aromatic N) is 2. The number of alkyl halides is 1. The Morgan fingerprint density at radius 2 is 1.55 bits per heavy atom. The molecule has 1 aromatic rings. The Hall–Kier alpha value is -0.990. The number of hydrogen-bond donors (Lipinski definition) is 0. The van der Waals surface area contributed by atoms with E-state index in [4.69, 9.17) is 0 Å². The monoisotopic (exact) mass is 154 g/mol. The largest absolute Gasteiger partial charge is 0.242 e. The third-order valence-electron chi connectivity index (χ3n) is 1.80. The van der Waals surface area contributed by atoms with Gasteiger partial charge < -0.3 is 0 Å². The van der Waals surface area contributed by atoms with Crippen molar-refractivity contribution in [2.45, 2.75) is 27.4 Å². The van der Waals surface area contributed by atoms with Crippen molar-refractivity contribution < 1.29 is 4.39 Å². The van der Waals surface area contributed by atoms with Crippen LogP contribution in [-0.4, -0.2) is 9.97 Å². The highest BCUT2D eigenvalue weighted by atomic mass is 19.1. The summed E-state index contributed by atoms with van der Waals surface area (Å²) in [5.41, 5.74) is 2.78. The van der Waals surface area contributed by atoms with Gasteiger partial charge in [-0.1, -0.05) is 0 Å². The molecule has 0 aliphatic carbocycles. The van der Waals surface area contributed by atoms with Crippen LogP contribution in [0.3, 0.4) is 0 Å². The molecule has 1 rings (SSSR count). The van der Waals surface area contributed by atoms with E-state index >= 15 is 0 Å². The Morgan fingerprint density at radius 3 is 1.91 bits per heavy atom. The first-order valence-electron chi connectivity index (χ1n) is 3.52. The molecular weight excluding hydrogens is 143 g/mol. The summed E-state index contributed by atoms with van der Waals surface area (Å²) in [7, 11) is 0. The molecule has 0 atom stereocenters. The molecule has 0 aromatic carbocycles. The summed E-state index contributed by atoms with van der Waals surface area (Å²) in [5.74, 6) is 0.283. The molecule has 60 valence electrons. The number of rotatable bonds is 1. The topological polar surface area (TPSA) is 25.8 Å². The zero-order valence-electron chi connectivity index (χ0n) is 6.98. The van der Waals surface area contributed by atoms with Gasteiger partial charge in [0.25, 0.3) is 0 Å². The first kappa shape index (κ1) is 8.11. The molecule has 1 heterocycles. The molecule has 3 heteroatoms. The fourth-order valence-electron chi connectivity index (χ4n) is 0.901. The lowest BCUT2D eigenvalue weighted by Gasteiger charge is -2.03. The highest BCUT2D eigenvalue weighted by Gasteiger charge is 2.02. The molecule has 0 bridgehead atoms. The van der Waals surface area contributed by atoms with Crippen molar-refractivity contribution in [2.75, 3.05) is 0 Å². The zero-order chi connectivity index (χ0) is 8.43. The van der Waals surface area contributed by atoms with E-state index < -0.39 is 6.67 Å². The van der Waals surface area contributed by atoms with Gasteiger partial charge in [0.2, 0.25) is 0 Å². The molecular formula is C8H11FN2. The Labute approximate surface area is 65.5 Å². The highest BCUT2D eigenvalue weighted by molar-refractivity contribution is 5.21. The Balaban J connectivity index is 3.21. The third-order valence-corrected chi connectivity index (χ3v) is 1.80. The van der Waals surface area contributed by atoms with Crippen LogP contribution in [0.1, 0.15) is 22.8 Å². The van der Waals surface area contributed by atoms with Gasteiger partial charge in [0, 0.05) is 11.4 Å². The van der Waals surface area contributed by atoms with E-state index in [9.17, 15) is 4.39 Å². The van der Waals surface area contributed by atoms with Crippen LogP contribution < -0.4 is 0 Å². The van der Waals surface area contributed by atoms with Crippen LogP contribution >= 0.6 is 0 Å². The molecule has 2 nitrogen and oxygen atoms in total. The van der Waals surface area contributed by atoms with Gasteiger partial charge in [0.1, 0.15) is 6.67 Å². The maximum atomic E-state index is 12.1. The van der Waals surface area contributed by atoms with E-state index in [1.54, 1.807) is 0 Å². The maximum absolute atomic E-state index is 12.1. The molecule has 0 unspecified atom stereocenters. The van der Waals surface area contributed by atoms with Crippen molar-refractivity contribution >= 4 is 0 Å². The number of halogens is 1. The van der Waals surface area contributed by atoms with Crippen molar-refractivity contribution in [3.63, 3.8) is 0 Å². The summed E-state index contributed by atoms with van der Waals surface area (Å²) in [6, 6.07) is 0. The van der Waals surface area contributed by atoms with Crippen LogP contribution in [0.25, 0.3) is 0 Å². The lowest BCUT2D eigenvalue weighted by molar-refractivity contribution is 0.463. The lowest BCUT2D eigenvalue weighted by atomic mass is 10.2. The number of aryl methyl sites for hydroxylation is 2. The Morgan fingerprint density at radius 1 is 1.09 bits per heavy atom. The van der Waals surface area contributed by atoms with E-state index in [2.05, 4.69) is 9.97 Å². The first-order valence-corrected chi connectivity index (χ1v) is 3.52. The molecule has 0 spiro atoms. The molecule has 0 aliphatic heterocycles. The van der Waals surface area contributed by atoms with Crippen LogP contribution in [0.2, 0.25) is 0 Å². The molecule has 11 heavy (non-hydrogen) atoms. The van der Waals surface area contributed by atoms with Crippen molar-refractivity contribution in [1.29, 1.82) is 0 Å². The Kier molecular flexibility index (Phi) is 2.17. The van der Waals surface area contributed by atoms with Gasteiger partial charge in [-0.25, -0.2) is 14.4 Å². The van der Waals surface area contributed by atoms with Crippen LogP contribution in [0.5, 0.6) is 0 Å². The second kappa shape index (κ2) is 2.95. The van der Waals surface area contributed by atoms with Crippen LogP contribution in [0, 0.1) is 20.8 Å². The predicted molar refractivity (Wildman–Crippen MR) is 41.1 cm³/mol. The molecule has 0 saturated carbocycles. The molecule has 0 radical (unpaired) electrons. The average molecular weight is 154 g/mol. The van der Waals surface area contributed by atoms with E-state index in [1.165, 1.54) is 0 Å². The minimum atomic E-state index is -0.581. The van der Waals surface area contributed by atoms with Crippen molar-refractivity contribution in [3.05, 3.63) is 22.8 Å². The smallest absolute Gasteiger partial charge is 0.159 e. The number of hydrogen-bond acceptors (Lipinski definition) is 2. The second-order valence-corrected chi connectivity index (χ2v) is 2.57. The standard InChI is InChI=1S/C8H11FN2/c1-5-6(2)10-8(4-9)11-7(5)3/h4H2,1-3H3. The molecule has 1 aromatic heterocycles. The maximum Gasteiger partial charge on any atom is 0.159 e. The van der Waals surface area contributed by atoms with Gasteiger partial charge in [-0.15, -0.1) is 0 Å². The summed E-state index contributed by atoms with van der Waals surface area (Å²) >= 11 is 0. The minimum Gasteiger partial charge on any atom is -0.242 e. The predicted octanol–water partition coefficient (Wildman–Crippen LogP) is 1.87. The van der Waals surface area contributed by atoms with Gasteiger partial charge in [0.15, 0.2) is 5.82 Å². The fourth-order valence-corrected chi connectivity index (χ4v) is 0.901. The molecule has 0 fully saturated rings.